The van der Waals surface area contributed by atoms with Gasteiger partial charge in [-0.1, -0.05) is 89.7 Å². The molecule has 0 fully saturated rings. The average molecular weight is 742 g/mol. The van der Waals surface area contributed by atoms with Crippen molar-refractivity contribution in [1.29, 1.82) is 0 Å². The van der Waals surface area contributed by atoms with E-state index in [9.17, 15) is 29.5 Å². The first-order chi connectivity index (χ1) is 24.3. The quantitative estimate of drug-likeness (QED) is 0.0159. The van der Waals surface area contributed by atoms with Crippen LogP contribution in [0.5, 0.6) is 0 Å². The minimum absolute atomic E-state index is 0.00905. The Morgan fingerprint density at radius 2 is 1.61 bits per heavy atom. The van der Waals surface area contributed by atoms with Crippen LogP contribution in [0.1, 0.15) is 110 Å². The second-order valence-corrected chi connectivity index (χ2v) is 15.6. The van der Waals surface area contributed by atoms with Crippen LogP contribution in [0.3, 0.4) is 0 Å². The minimum Gasteiger partial charge on any atom is -0.387 e. The summed E-state index contributed by atoms with van der Waals surface area (Å²) in [5.41, 5.74) is 0.713. The maximum absolute atomic E-state index is 12.8. The monoisotopic (exact) mass is 741 g/mol. The zero-order valence-electron chi connectivity index (χ0n) is 31.1. The molecule has 0 aliphatic rings. The number of anilines is 1. The number of rotatable bonds is 30. The normalized spacial score (nSPS) is 14.5. The smallest absolute Gasteiger partial charge is 0.387 e. The Morgan fingerprint density at radius 3 is 2.25 bits per heavy atom. The predicted molar refractivity (Wildman–Crippen MR) is 198 cm³/mol. The number of nitro benzene ring substituents is 1. The molecule has 16 heteroatoms. The lowest BCUT2D eigenvalue weighted by molar-refractivity contribution is -0.870. The lowest BCUT2D eigenvalue weighted by Gasteiger charge is -2.25. The number of nitrogens with one attached hydrogen (secondary N) is 2. The van der Waals surface area contributed by atoms with Gasteiger partial charge in [-0.15, -0.1) is 0 Å². The van der Waals surface area contributed by atoms with E-state index in [-0.39, 0.29) is 35.7 Å². The highest BCUT2D eigenvalue weighted by atomic mass is 31.2. The fraction of sp³-hybridized carbons (Fsp3) is 0.743. The molecule has 1 heterocycles. The Labute approximate surface area is 302 Å². The van der Waals surface area contributed by atoms with E-state index in [4.69, 9.17) is 9.05 Å². The van der Waals surface area contributed by atoms with Crippen LogP contribution in [0, 0.1) is 10.1 Å². The van der Waals surface area contributed by atoms with Crippen molar-refractivity contribution in [2.75, 3.05) is 52.8 Å². The van der Waals surface area contributed by atoms with Crippen molar-refractivity contribution < 1.29 is 42.4 Å². The third kappa shape index (κ3) is 19.5. The van der Waals surface area contributed by atoms with Gasteiger partial charge in [0.15, 0.2) is 5.52 Å². The summed E-state index contributed by atoms with van der Waals surface area (Å²) in [6.45, 7) is 2.86. The zero-order valence-corrected chi connectivity index (χ0v) is 32.0. The van der Waals surface area contributed by atoms with Crippen molar-refractivity contribution in [1.82, 2.24) is 15.6 Å². The fourth-order valence-corrected chi connectivity index (χ4v) is 6.13. The SMILES string of the molecule is CCCCCCCCCCCCC/C=C\[C@H](O)[C@@H](COP(=O)(O)OCC[N+](C)(C)C)NC(=O)CCCCCNc1ccc([N+](=O)[O-])c2nonc12. The van der Waals surface area contributed by atoms with Crippen molar-refractivity contribution in [2.24, 2.45) is 0 Å². The first kappa shape index (κ1) is 44.2. The summed E-state index contributed by atoms with van der Waals surface area (Å²) in [5, 5.41) is 35.4. The van der Waals surface area contributed by atoms with Gasteiger partial charge in [-0.05, 0) is 42.1 Å². The van der Waals surface area contributed by atoms with Crippen molar-refractivity contribution in [2.45, 2.75) is 122 Å². The van der Waals surface area contributed by atoms with E-state index in [1.807, 2.05) is 27.2 Å². The molecule has 0 bridgehead atoms. The Morgan fingerprint density at radius 1 is 0.980 bits per heavy atom. The van der Waals surface area contributed by atoms with E-state index in [2.05, 4.69) is 32.5 Å². The van der Waals surface area contributed by atoms with Crippen LogP contribution < -0.4 is 10.6 Å². The third-order valence-corrected chi connectivity index (χ3v) is 9.47. The Kier molecular flexibility index (Phi) is 21.1. The van der Waals surface area contributed by atoms with Gasteiger partial charge in [0.2, 0.25) is 11.4 Å². The second kappa shape index (κ2) is 24.3. The number of carbonyl (C=O) groups excluding carboxylic acids is 1. The highest BCUT2D eigenvalue weighted by Gasteiger charge is 2.28. The van der Waals surface area contributed by atoms with Gasteiger partial charge in [0, 0.05) is 19.0 Å². The highest BCUT2D eigenvalue weighted by Crippen LogP contribution is 2.43. The molecule has 0 radical (unpaired) electrons. The molecule has 290 valence electrons. The molecule has 4 N–H and O–H groups in total. The number of aromatic nitrogens is 2. The lowest BCUT2D eigenvalue weighted by Crippen LogP contribution is -2.45. The molecule has 0 aliphatic carbocycles. The predicted octanol–water partition coefficient (Wildman–Crippen LogP) is 7.05. The number of nitro groups is 1. The molecular weight excluding hydrogens is 679 g/mol. The van der Waals surface area contributed by atoms with Gasteiger partial charge in [0.1, 0.15) is 13.2 Å². The maximum Gasteiger partial charge on any atom is 0.472 e. The van der Waals surface area contributed by atoms with Crippen molar-refractivity contribution in [3.8, 4) is 0 Å². The van der Waals surface area contributed by atoms with Gasteiger partial charge < -0.3 is 25.1 Å². The Balaban J connectivity index is 1.78. The van der Waals surface area contributed by atoms with Crippen LogP contribution in [0.2, 0.25) is 0 Å². The summed E-state index contributed by atoms with van der Waals surface area (Å²) in [5.74, 6) is -0.321. The highest BCUT2D eigenvalue weighted by molar-refractivity contribution is 7.47. The van der Waals surface area contributed by atoms with Crippen molar-refractivity contribution in [3.05, 3.63) is 34.4 Å². The first-order valence-electron chi connectivity index (χ1n) is 18.5. The molecule has 1 amide bonds. The van der Waals surface area contributed by atoms with Crippen LogP contribution in [0.15, 0.2) is 28.9 Å². The summed E-state index contributed by atoms with van der Waals surface area (Å²) in [6.07, 6.45) is 19.0. The van der Waals surface area contributed by atoms with E-state index in [1.54, 1.807) is 12.1 Å². The number of carbonyl (C=O) groups is 1. The van der Waals surface area contributed by atoms with Crippen LogP contribution in [-0.4, -0.2) is 95.2 Å². The van der Waals surface area contributed by atoms with Gasteiger partial charge in [0.05, 0.1) is 50.5 Å². The van der Waals surface area contributed by atoms with E-state index in [0.717, 1.165) is 19.3 Å². The number of amides is 1. The van der Waals surface area contributed by atoms with Crippen LogP contribution in [0.25, 0.3) is 11.0 Å². The van der Waals surface area contributed by atoms with Crippen LogP contribution in [0.4, 0.5) is 11.4 Å². The number of quaternary nitrogens is 1. The number of fused-ring (bicyclic) bond motifs is 1. The van der Waals surface area contributed by atoms with E-state index in [1.165, 1.54) is 63.9 Å². The summed E-state index contributed by atoms with van der Waals surface area (Å²) >= 11 is 0. The topological polar surface area (TPSA) is 199 Å². The number of hydrogen-bond donors (Lipinski definition) is 4. The van der Waals surface area contributed by atoms with Gasteiger partial charge in [0.25, 0.3) is 0 Å². The van der Waals surface area contributed by atoms with Crippen molar-refractivity contribution >= 4 is 36.1 Å². The number of likely N-dealkylation sites (N-methyl/N-ethyl adjacent to an activating group) is 1. The minimum atomic E-state index is -4.41. The van der Waals surface area contributed by atoms with Gasteiger partial charge in [-0.25, -0.2) is 9.19 Å². The molecule has 2 aromatic rings. The zero-order chi connectivity index (χ0) is 37.5. The molecule has 0 aliphatic heterocycles. The number of aliphatic hydroxyl groups excluding tert-OH is 1. The molecular formula is C35H62N6O9P+. The van der Waals surface area contributed by atoms with Crippen molar-refractivity contribution in [3.63, 3.8) is 0 Å². The number of phosphoric acid groups is 1. The number of unbranched alkanes of at least 4 members (excludes halogenated alkanes) is 13. The Bertz CT molecular complexity index is 1370. The molecule has 51 heavy (non-hydrogen) atoms. The van der Waals surface area contributed by atoms with E-state index < -0.39 is 31.5 Å². The number of allylic oxidation sites excluding steroid dienone is 1. The third-order valence-electron chi connectivity index (χ3n) is 8.49. The van der Waals surface area contributed by atoms with Gasteiger partial charge >= 0.3 is 13.5 Å². The molecule has 15 nitrogen and oxygen atoms in total. The molecule has 0 saturated carbocycles. The van der Waals surface area contributed by atoms with Gasteiger partial charge in [-0.3, -0.25) is 24.0 Å². The fourth-order valence-electron chi connectivity index (χ4n) is 5.40. The molecule has 3 atom stereocenters. The summed E-state index contributed by atoms with van der Waals surface area (Å²) in [4.78, 5) is 33.7. The number of phosphoric ester groups is 1. The number of nitrogens with zero attached hydrogens (tertiary/aromatic N) is 4. The van der Waals surface area contributed by atoms with E-state index in [0.29, 0.717) is 42.5 Å². The van der Waals surface area contributed by atoms with Gasteiger partial charge in [-0.2, -0.15) is 0 Å². The van der Waals surface area contributed by atoms with Crippen LogP contribution in [-0.2, 0) is 18.4 Å². The summed E-state index contributed by atoms with van der Waals surface area (Å²) in [6, 6.07) is 1.95. The number of hydrogen-bond acceptors (Lipinski definition) is 11. The maximum atomic E-state index is 12.8. The lowest BCUT2D eigenvalue weighted by atomic mass is 10.0. The molecule has 1 aromatic heterocycles. The molecule has 1 aromatic carbocycles. The van der Waals surface area contributed by atoms with Crippen LogP contribution >= 0.6 is 7.82 Å². The molecule has 2 rings (SSSR count). The Hall–Kier alpha value is -2.94. The number of aliphatic hydroxyl groups is 1. The first-order valence-corrected chi connectivity index (χ1v) is 20.0. The number of benzene rings is 1. The molecule has 0 saturated heterocycles. The molecule has 1 unspecified atom stereocenters. The number of non-ortho nitro benzene ring substituents is 1. The summed E-state index contributed by atoms with van der Waals surface area (Å²) in [7, 11) is 1.39. The molecule has 0 spiro atoms. The standard InChI is InChI=1S/C35H61N6O9P/c1-5-6-7-8-9-10-11-12-13-14-15-16-18-21-32(42)30(28-49-51(46,47)48-27-26-41(2,3)4)37-33(43)22-19-17-20-25-36-29-23-24-31(40(44)45)35-34(29)38-50-39-35/h18,21,23-24,30,32,42H,5-17,19-20,22,25-28H2,1-4H3,(H2-,36,37,39,43,46,47)/p+1/b21-18-/t30-,32+/m1/s1. The average Bonchev–Trinajstić information content (AvgIpc) is 3.56. The summed E-state index contributed by atoms with van der Waals surface area (Å²) < 4.78 is 28.1. The second-order valence-electron chi connectivity index (χ2n) is 14.1. The largest absolute Gasteiger partial charge is 0.472 e. The van der Waals surface area contributed by atoms with E-state index >= 15 is 0 Å².